The molecule has 0 saturated heterocycles. The van der Waals surface area contributed by atoms with E-state index in [9.17, 15) is 13.5 Å². The lowest BCUT2D eigenvalue weighted by Gasteiger charge is -2.21. The second kappa shape index (κ2) is 7.23. The molecular formula is C13H18N4O3S2. The maximum Gasteiger partial charge on any atom is 0.260 e. The molecule has 9 heteroatoms. The van der Waals surface area contributed by atoms with Crippen molar-refractivity contribution in [2.24, 2.45) is 0 Å². The molecule has 7 nitrogen and oxygen atoms in total. The summed E-state index contributed by atoms with van der Waals surface area (Å²) in [6, 6.07) is 8.48. The zero-order valence-corrected chi connectivity index (χ0v) is 13.9. The highest BCUT2D eigenvalue weighted by Crippen LogP contribution is 2.16. The molecule has 0 aliphatic carbocycles. The molecule has 2 aromatic rings. The molecule has 0 fully saturated rings. The van der Waals surface area contributed by atoms with Crippen LogP contribution < -0.4 is 4.72 Å². The third kappa shape index (κ3) is 3.67. The van der Waals surface area contributed by atoms with Crippen LogP contribution in [0.1, 0.15) is 6.92 Å². The van der Waals surface area contributed by atoms with Gasteiger partial charge in [-0.2, -0.15) is 11.8 Å². The molecule has 0 unspecified atom stereocenters. The van der Waals surface area contributed by atoms with Crippen molar-refractivity contribution in [2.45, 2.75) is 23.2 Å². The number of benzene rings is 1. The first-order chi connectivity index (χ1) is 10.5. The van der Waals surface area contributed by atoms with Crippen LogP contribution in [-0.2, 0) is 10.0 Å². The second-order valence-electron chi connectivity index (χ2n) is 4.69. The van der Waals surface area contributed by atoms with E-state index in [2.05, 4.69) is 15.0 Å². The summed E-state index contributed by atoms with van der Waals surface area (Å²) in [6.45, 7) is 1.60. The Balaban J connectivity index is 2.30. The molecule has 120 valence electrons. The summed E-state index contributed by atoms with van der Waals surface area (Å²) in [5, 5.41) is 16.5. The lowest BCUT2D eigenvalue weighted by molar-refractivity contribution is 0.282. The standard InChI is InChI=1S/C13H18N4O3S2/c1-10(12(9-18)21-2)15-22(19,20)13-8-14-16-17(13)11-6-4-3-5-7-11/h3-8,10,12,15,18H,9H2,1-2H3/t10-,12-/m1/s1. The molecule has 1 aromatic heterocycles. The molecule has 0 spiro atoms. The third-order valence-electron chi connectivity index (χ3n) is 3.18. The Bertz CT molecular complexity index is 699. The monoisotopic (exact) mass is 342 g/mol. The summed E-state index contributed by atoms with van der Waals surface area (Å²) in [5.41, 5.74) is 0.608. The van der Waals surface area contributed by atoms with E-state index in [0.29, 0.717) is 5.69 Å². The van der Waals surface area contributed by atoms with Crippen LogP contribution in [0.5, 0.6) is 0 Å². The smallest absolute Gasteiger partial charge is 0.260 e. The van der Waals surface area contributed by atoms with Crippen LogP contribution in [0.25, 0.3) is 5.69 Å². The van der Waals surface area contributed by atoms with Crippen LogP contribution in [-0.4, -0.2) is 52.7 Å². The van der Waals surface area contributed by atoms with Gasteiger partial charge in [-0.25, -0.2) is 17.8 Å². The van der Waals surface area contributed by atoms with Crippen LogP contribution in [0.15, 0.2) is 41.6 Å². The number of rotatable bonds is 7. The van der Waals surface area contributed by atoms with E-state index >= 15 is 0 Å². The number of sulfonamides is 1. The van der Waals surface area contributed by atoms with Crippen molar-refractivity contribution in [1.29, 1.82) is 0 Å². The Morgan fingerprint density at radius 1 is 1.36 bits per heavy atom. The summed E-state index contributed by atoms with van der Waals surface area (Å²) >= 11 is 1.40. The number of para-hydroxylation sites is 1. The Hall–Kier alpha value is -1.42. The SMILES string of the molecule is CS[C@H](CO)[C@@H](C)NS(=O)(=O)c1cnnn1-c1ccccc1. The van der Waals surface area contributed by atoms with Crippen molar-refractivity contribution in [3.05, 3.63) is 36.5 Å². The molecule has 0 radical (unpaired) electrons. The van der Waals surface area contributed by atoms with Crippen LogP contribution in [0.3, 0.4) is 0 Å². The zero-order valence-electron chi connectivity index (χ0n) is 12.2. The number of nitrogens with zero attached hydrogens (tertiary/aromatic N) is 3. The lowest BCUT2D eigenvalue weighted by Crippen LogP contribution is -2.41. The molecule has 2 atom stereocenters. The Morgan fingerprint density at radius 3 is 2.64 bits per heavy atom. The highest BCUT2D eigenvalue weighted by Gasteiger charge is 2.26. The first-order valence-corrected chi connectivity index (χ1v) is 9.39. The second-order valence-corrected chi connectivity index (χ2v) is 7.42. The number of nitrogens with one attached hydrogen (secondary N) is 1. The van der Waals surface area contributed by atoms with Gasteiger partial charge in [0.25, 0.3) is 10.0 Å². The van der Waals surface area contributed by atoms with Gasteiger partial charge in [-0.05, 0) is 25.3 Å². The quantitative estimate of drug-likeness (QED) is 0.767. The molecule has 1 heterocycles. The Morgan fingerprint density at radius 2 is 2.05 bits per heavy atom. The van der Waals surface area contributed by atoms with Gasteiger partial charge >= 0.3 is 0 Å². The number of hydrogen-bond acceptors (Lipinski definition) is 6. The van der Waals surface area contributed by atoms with Crippen molar-refractivity contribution >= 4 is 21.8 Å². The summed E-state index contributed by atoms with van der Waals surface area (Å²) in [5.74, 6) is 0. The average Bonchev–Trinajstić information content (AvgIpc) is 2.99. The highest BCUT2D eigenvalue weighted by molar-refractivity contribution is 7.99. The Labute approximate surface area is 133 Å². The van der Waals surface area contributed by atoms with Gasteiger partial charge < -0.3 is 5.11 Å². The topological polar surface area (TPSA) is 97.1 Å². The molecule has 0 aliphatic heterocycles. The van der Waals surface area contributed by atoms with Crippen LogP contribution in [0.2, 0.25) is 0 Å². The molecule has 0 saturated carbocycles. The molecule has 0 aliphatic rings. The molecule has 0 amide bonds. The number of aliphatic hydroxyl groups excluding tert-OH is 1. The molecule has 22 heavy (non-hydrogen) atoms. The summed E-state index contributed by atoms with van der Waals surface area (Å²) in [7, 11) is -3.80. The summed E-state index contributed by atoms with van der Waals surface area (Å²) in [6.07, 6.45) is 3.02. The van der Waals surface area contributed by atoms with E-state index in [1.165, 1.54) is 22.6 Å². The summed E-state index contributed by atoms with van der Waals surface area (Å²) in [4.78, 5) is 0. The average molecular weight is 342 g/mol. The molecular weight excluding hydrogens is 324 g/mol. The van der Waals surface area contributed by atoms with Gasteiger partial charge in [0.2, 0.25) is 0 Å². The number of thioether (sulfide) groups is 1. The number of aromatic nitrogens is 3. The largest absolute Gasteiger partial charge is 0.395 e. The van der Waals surface area contributed by atoms with Crippen LogP contribution in [0, 0.1) is 0 Å². The van der Waals surface area contributed by atoms with Crippen molar-refractivity contribution < 1.29 is 13.5 Å². The van der Waals surface area contributed by atoms with Crippen molar-refractivity contribution in [3.63, 3.8) is 0 Å². The van der Waals surface area contributed by atoms with Crippen LogP contribution >= 0.6 is 11.8 Å². The van der Waals surface area contributed by atoms with Gasteiger partial charge in [-0.15, -0.1) is 5.10 Å². The highest BCUT2D eigenvalue weighted by atomic mass is 32.2. The number of aliphatic hydroxyl groups is 1. The van der Waals surface area contributed by atoms with Crippen molar-refractivity contribution in [1.82, 2.24) is 19.7 Å². The normalized spacial score (nSPS) is 14.7. The molecule has 0 bridgehead atoms. The minimum absolute atomic E-state index is 0.0386. The predicted molar refractivity (Wildman–Crippen MR) is 85.5 cm³/mol. The maximum absolute atomic E-state index is 12.5. The summed E-state index contributed by atoms with van der Waals surface area (Å²) < 4.78 is 28.9. The minimum Gasteiger partial charge on any atom is -0.395 e. The van der Waals surface area contributed by atoms with Crippen molar-refractivity contribution in [2.75, 3.05) is 12.9 Å². The van der Waals surface area contributed by atoms with E-state index < -0.39 is 16.1 Å². The van der Waals surface area contributed by atoms with Crippen LogP contribution in [0.4, 0.5) is 0 Å². The minimum atomic E-state index is -3.80. The molecule has 1 aromatic carbocycles. The molecule has 2 rings (SSSR count). The number of hydrogen-bond donors (Lipinski definition) is 2. The van der Waals surface area contributed by atoms with Gasteiger partial charge in [0.05, 0.1) is 18.5 Å². The first kappa shape index (κ1) is 16.9. The van der Waals surface area contributed by atoms with E-state index in [0.717, 1.165) is 0 Å². The predicted octanol–water partition coefficient (Wildman–Crippen LogP) is 0.658. The Kier molecular flexibility index (Phi) is 5.57. The van der Waals surface area contributed by atoms with E-state index in [-0.39, 0.29) is 16.9 Å². The first-order valence-electron chi connectivity index (χ1n) is 6.61. The van der Waals surface area contributed by atoms with Gasteiger partial charge in [0.15, 0.2) is 5.03 Å². The fourth-order valence-electron chi connectivity index (χ4n) is 1.97. The maximum atomic E-state index is 12.5. The van der Waals surface area contributed by atoms with E-state index in [1.54, 1.807) is 31.2 Å². The fraction of sp³-hybridized carbons (Fsp3) is 0.385. The third-order valence-corrected chi connectivity index (χ3v) is 5.85. The van der Waals surface area contributed by atoms with Gasteiger partial charge in [-0.1, -0.05) is 23.4 Å². The molecule has 2 N–H and O–H groups in total. The van der Waals surface area contributed by atoms with Gasteiger partial charge in [0.1, 0.15) is 0 Å². The zero-order chi connectivity index (χ0) is 16.2. The van der Waals surface area contributed by atoms with Crippen molar-refractivity contribution in [3.8, 4) is 5.69 Å². The van der Waals surface area contributed by atoms with Gasteiger partial charge in [0, 0.05) is 11.3 Å². The lowest BCUT2D eigenvalue weighted by atomic mass is 10.3. The fourth-order valence-corrected chi connectivity index (χ4v) is 4.02. The van der Waals surface area contributed by atoms with Gasteiger partial charge in [-0.3, -0.25) is 0 Å². The van der Waals surface area contributed by atoms with E-state index in [4.69, 9.17) is 0 Å². The van der Waals surface area contributed by atoms with E-state index in [1.807, 2.05) is 12.3 Å².